The van der Waals surface area contributed by atoms with Crippen LogP contribution in [0.2, 0.25) is 0 Å². The van der Waals surface area contributed by atoms with Gasteiger partial charge in [0.15, 0.2) is 0 Å². The van der Waals surface area contributed by atoms with Gasteiger partial charge >= 0.3 is 5.97 Å². The third kappa shape index (κ3) is 57.7. The molecule has 0 heterocycles. The number of nitrogens with one attached hydrogen (secondary N) is 1. The topological polar surface area (TPSA) is 95.9 Å². The molecular weight excluding hydrogens is 875 g/mol. The maximum absolute atomic E-state index is 12.5. The van der Waals surface area contributed by atoms with Crippen LogP contribution in [0.4, 0.5) is 0 Å². The first kappa shape index (κ1) is 69.6. The highest BCUT2D eigenvalue weighted by molar-refractivity contribution is 5.76. The van der Waals surface area contributed by atoms with Crippen molar-refractivity contribution in [3.8, 4) is 0 Å². The average Bonchev–Trinajstić information content (AvgIpc) is 3.37. The molecule has 2 atom stereocenters. The number of aliphatic hydroxyl groups excluding tert-OH is 2. The van der Waals surface area contributed by atoms with E-state index < -0.39 is 12.1 Å². The Morgan fingerprint density at radius 3 is 1.00 bits per heavy atom. The molecule has 71 heavy (non-hydrogen) atoms. The second-order valence-corrected chi connectivity index (χ2v) is 22.5. The number of rotatable bonds is 61. The van der Waals surface area contributed by atoms with E-state index in [9.17, 15) is 19.8 Å². The molecule has 0 aromatic carbocycles. The lowest BCUT2D eigenvalue weighted by Gasteiger charge is -2.22. The van der Waals surface area contributed by atoms with Gasteiger partial charge in [-0.05, 0) is 51.4 Å². The highest BCUT2D eigenvalue weighted by atomic mass is 16.5. The molecule has 0 aromatic heterocycles. The van der Waals surface area contributed by atoms with E-state index in [0.717, 1.165) is 38.5 Å². The number of hydrogen-bond acceptors (Lipinski definition) is 5. The molecule has 0 aromatic rings. The predicted octanol–water partition coefficient (Wildman–Crippen LogP) is 20.4. The zero-order chi connectivity index (χ0) is 51.4. The van der Waals surface area contributed by atoms with Crippen LogP contribution in [0.5, 0.6) is 0 Å². The second kappa shape index (κ2) is 61.1. The summed E-state index contributed by atoms with van der Waals surface area (Å²) in [6.45, 7) is 4.98. The molecule has 422 valence electrons. The Kier molecular flexibility index (Phi) is 59.9. The first-order valence-electron chi connectivity index (χ1n) is 32.4. The van der Waals surface area contributed by atoms with Gasteiger partial charge in [-0.2, -0.15) is 0 Å². The van der Waals surface area contributed by atoms with Crippen LogP contribution in [0.15, 0.2) is 12.2 Å². The quantitative estimate of drug-likeness (QED) is 0.0320. The van der Waals surface area contributed by atoms with Crippen molar-refractivity contribution in [2.75, 3.05) is 13.2 Å². The molecule has 0 spiro atoms. The zero-order valence-electron chi connectivity index (χ0n) is 48.2. The van der Waals surface area contributed by atoms with Gasteiger partial charge in [0.1, 0.15) is 0 Å². The van der Waals surface area contributed by atoms with Crippen LogP contribution in [-0.2, 0) is 14.3 Å². The van der Waals surface area contributed by atoms with Crippen LogP contribution >= 0.6 is 0 Å². The molecule has 0 radical (unpaired) electrons. The highest BCUT2D eigenvalue weighted by Crippen LogP contribution is 2.18. The van der Waals surface area contributed by atoms with E-state index in [0.29, 0.717) is 25.9 Å². The summed E-state index contributed by atoms with van der Waals surface area (Å²) < 4.78 is 5.48. The Hall–Kier alpha value is -1.40. The van der Waals surface area contributed by atoms with Gasteiger partial charge in [0.25, 0.3) is 0 Å². The molecule has 0 saturated carbocycles. The monoisotopic (exact) mass is 1000 g/mol. The number of hydrogen-bond donors (Lipinski definition) is 3. The lowest BCUT2D eigenvalue weighted by Crippen LogP contribution is -2.45. The van der Waals surface area contributed by atoms with Crippen molar-refractivity contribution in [2.45, 2.75) is 379 Å². The summed E-state index contributed by atoms with van der Waals surface area (Å²) in [7, 11) is 0. The molecule has 1 amide bonds. The summed E-state index contributed by atoms with van der Waals surface area (Å²) in [6, 6.07) is -0.546. The number of carbonyl (C=O) groups excluding carboxylic acids is 2. The minimum atomic E-state index is -0.668. The summed E-state index contributed by atoms with van der Waals surface area (Å²) in [5.41, 5.74) is 0. The fraction of sp³-hybridized carbons (Fsp3) is 0.938. The van der Waals surface area contributed by atoms with Crippen LogP contribution in [0.3, 0.4) is 0 Å². The Bertz CT molecular complexity index is 1060. The van der Waals surface area contributed by atoms with Gasteiger partial charge in [0.2, 0.25) is 5.91 Å². The molecule has 0 saturated heterocycles. The largest absolute Gasteiger partial charge is 0.466 e. The van der Waals surface area contributed by atoms with E-state index in [2.05, 4.69) is 31.3 Å². The molecule has 0 aliphatic carbocycles. The highest BCUT2D eigenvalue weighted by Gasteiger charge is 2.20. The lowest BCUT2D eigenvalue weighted by atomic mass is 10.0. The van der Waals surface area contributed by atoms with Crippen LogP contribution in [0, 0.1) is 0 Å². The molecule has 0 bridgehead atoms. The number of amides is 1. The summed E-state index contributed by atoms with van der Waals surface area (Å²) in [6.07, 6.45) is 73.7. The van der Waals surface area contributed by atoms with E-state index in [1.54, 1.807) is 0 Å². The first-order chi connectivity index (χ1) is 35.0. The van der Waals surface area contributed by atoms with Gasteiger partial charge in [-0.1, -0.05) is 315 Å². The van der Waals surface area contributed by atoms with Gasteiger partial charge in [-0.15, -0.1) is 0 Å². The normalized spacial score (nSPS) is 12.6. The van der Waals surface area contributed by atoms with Crippen molar-refractivity contribution in [2.24, 2.45) is 0 Å². The summed E-state index contributed by atoms with van der Waals surface area (Å²) in [4.78, 5) is 24.5. The molecule has 6 nitrogen and oxygen atoms in total. The van der Waals surface area contributed by atoms with Crippen molar-refractivity contribution in [1.82, 2.24) is 5.32 Å². The zero-order valence-corrected chi connectivity index (χ0v) is 48.2. The van der Waals surface area contributed by atoms with Crippen molar-refractivity contribution in [3.63, 3.8) is 0 Å². The number of allylic oxidation sites excluding steroid dienone is 2. The average molecular weight is 1000 g/mol. The molecule has 2 unspecified atom stereocenters. The molecule has 6 heteroatoms. The number of aliphatic hydroxyl groups is 2. The van der Waals surface area contributed by atoms with Gasteiger partial charge in [0, 0.05) is 12.8 Å². The fourth-order valence-electron chi connectivity index (χ4n) is 10.3. The number of ether oxygens (including phenoxy) is 1. The lowest BCUT2D eigenvalue weighted by molar-refractivity contribution is -0.143. The summed E-state index contributed by atoms with van der Waals surface area (Å²) >= 11 is 0. The Balaban J connectivity index is 3.40. The molecule has 0 aliphatic rings. The van der Waals surface area contributed by atoms with Crippen molar-refractivity contribution in [1.29, 1.82) is 0 Å². The minimum Gasteiger partial charge on any atom is -0.466 e. The number of unbranched alkanes of at least 4 members (excludes halogenated alkanes) is 48. The van der Waals surface area contributed by atoms with Gasteiger partial charge in [0.05, 0.1) is 25.4 Å². The number of esters is 1. The van der Waals surface area contributed by atoms with Crippen LogP contribution in [-0.4, -0.2) is 47.4 Å². The van der Waals surface area contributed by atoms with E-state index in [-0.39, 0.29) is 18.5 Å². The van der Waals surface area contributed by atoms with E-state index in [4.69, 9.17) is 4.74 Å². The Labute approximate surface area is 444 Å². The van der Waals surface area contributed by atoms with Gasteiger partial charge in [-0.25, -0.2) is 0 Å². The Morgan fingerprint density at radius 2 is 0.662 bits per heavy atom. The second-order valence-electron chi connectivity index (χ2n) is 22.5. The van der Waals surface area contributed by atoms with Crippen molar-refractivity contribution in [3.05, 3.63) is 12.2 Å². The molecular formula is C65H127NO5. The molecule has 0 aliphatic heterocycles. The summed E-state index contributed by atoms with van der Waals surface area (Å²) in [5.74, 6) is -0.0238. The third-order valence-corrected chi connectivity index (χ3v) is 15.3. The van der Waals surface area contributed by atoms with Gasteiger partial charge < -0.3 is 20.3 Å². The third-order valence-electron chi connectivity index (χ3n) is 15.3. The molecule has 3 N–H and O–H groups in total. The standard InChI is InChI=1S/C65H127NO5/c1-3-5-7-9-11-13-15-17-18-19-27-30-34-37-41-45-49-53-57-63(68)62(61-67)66-64(69)58-54-50-46-42-38-35-31-28-25-23-21-20-22-24-26-29-32-36-40-44-48-52-56-60-71-65(70)59-55-51-47-43-39-33-16-14-12-10-8-6-4-2/h23,25,62-63,67-68H,3-22,24,26-61H2,1-2H3,(H,66,69)/b25-23-. The Morgan fingerprint density at radius 1 is 0.380 bits per heavy atom. The molecule has 0 fully saturated rings. The van der Waals surface area contributed by atoms with Crippen LogP contribution in [0.1, 0.15) is 367 Å². The smallest absolute Gasteiger partial charge is 0.305 e. The van der Waals surface area contributed by atoms with Gasteiger partial charge in [-0.3, -0.25) is 9.59 Å². The van der Waals surface area contributed by atoms with Crippen LogP contribution < -0.4 is 5.32 Å². The first-order valence-corrected chi connectivity index (χ1v) is 32.4. The van der Waals surface area contributed by atoms with E-state index in [1.165, 1.54) is 295 Å². The fourth-order valence-corrected chi connectivity index (χ4v) is 10.3. The van der Waals surface area contributed by atoms with Crippen LogP contribution in [0.25, 0.3) is 0 Å². The van der Waals surface area contributed by atoms with E-state index >= 15 is 0 Å². The SMILES string of the molecule is CCCCCCCCCCCCCCCCCCCCC(O)C(CO)NC(=O)CCCCCCCCC/C=C\CCCCCCCCCCCCCCOC(=O)CCCCCCCCCCCCCCC. The van der Waals surface area contributed by atoms with Crippen molar-refractivity contribution < 1.29 is 24.5 Å². The van der Waals surface area contributed by atoms with E-state index in [1.807, 2.05) is 0 Å². The van der Waals surface area contributed by atoms with Crippen molar-refractivity contribution >= 4 is 11.9 Å². The molecule has 0 rings (SSSR count). The maximum Gasteiger partial charge on any atom is 0.305 e. The predicted molar refractivity (Wildman–Crippen MR) is 310 cm³/mol. The number of carbonyl (C=O) groups is 2. The minimum absolute atomic E-state index is 0.0139. The summed E-state index contributed by atoms with van der Waals surface area (Å²) in [5, 5.41) is 23.3. The maximum atomic E-state index is 12.5.